The first-order valence-electron chi connectivity index (χ1n) is 4.35. The highest BCUT2D eigenvalue weighted by atomic mass is 35.5. The van der Waals surface area contributed by atoms with Crippen LogP contribution in [0.4, 0.5) is 4.39 Å². The molecule has 82 valence electrons. The van der Waals surface area contributed by atoms with E-state index in [4.69, 9.17) is 11.8 Å². The molecular weight excluding hydrogens is 221 g/mol. The standard InChI is InChI=1S/C10H11ClFNO2/c1-15-10(14)9(13-11)6-7-2-4-8(12)5-3-7/h2-5,9,13H,6H2,1H3. The van der Waals surface area contributed by atoms with Crippen LogP contribution in [0.2, 0.25) is 0 Å². The molecule has 0 amide bonds. The van der Waals surface area contributed by atoms with Crippen molar-refractivity contribution in [1.82, 2.24) is 4.84 Å². The Morgan fingerprint density at radius 3 is 2.60 bits per heavy atom. The Hall–Kier alpha value is -1.13. The van der Waals surface area contributed by atoms with Crippen LogP contribution >= 0.6 is 11.8 Å². The van der Waals surface area contributed by atoms with Gasteiger partial charge in [0.15, 0.2) is 0 Å². The summed E-state index contributed by atoms with van der Waals surface area (Å²) in [5, 5.41) is 0. The molecule has 0 aromatic heterocycles. The maximum absolute atomic E-state index is 12.6. The Morgan fingerprint density at radius 1 is 1.53 bits per heavy atom. The second kappa shape index (κ2) is 5.68. The molecule has 1 aromatic rings. The lowest BCUT2D eigenvalue weighted by Crippen LogP contribution is -2.33. The molecule has 0 bridgehead atoms. The van der Waals surface area contributed by atoms with Gasteiger partial charge in [-0.25, -0.2) is 9.23 Å². The molecular formula is C10H11ClFNO2. The van der Waals surface area contributed by atoms with Crippen molar-refractivity contribution >= 4 is 17.7 Å². The molecule has 1 unspecified atom stereocenters. The fourth-order valence-electron chi connectivity index (χ4n) is 1.16. The van der Waals surface area contributed by atoms with Gasteiger partial charge in [-0.15, -0.1) is 0 Å². The summed E-state index contributed by atoms with van der Waals surface area (Å²) in [4.78, 5) is 13.5. The smallest absolute Gasteiger partial charge is 0.324 e. The summed E-state index contributed by atoms with van der Waals surface area (Å²) in [6.45, 7) is 0. The van der Waals surface area contributed by atoms with Gasteiger partial charge in [-0.3, -0.25) is 4.79 Å². The predicted octanol–water partition coefficient (Wildman–Crippen LogP) is 1.65. The van der Waals surface area contributed by atoms with E-state index in [1.165, 1.54) is 19.2 Å². The number of benzene rings is 1. The molecule has 1 aromatic carbocycles. The van der Waals surface area contributed by atoms with Crippen molar-refractivity contribution in [2.45, 2.75) is 12.5 Å². The molecule has 1 atom stereocenters. The van der Waals surface area contributed by atoms with E-state index < -0.39 is 12.0 Å². The zero-order valence-electron chi connectivity index (χ0n) is 8.17. The Kier molecular flexibility index (Phi) is 4.52. The quantitative estimate of drug-likeness (QED) is 0.633. The van der Waals surface area contributed by atoms with E-state index in [-0.39, 0.29) is 5.82 Å². The van der Waals surface area contributed by atoms with E-state index >= 15 is 0 Å². The highest BCUT2D eigenvalue weighted by Gasteiger charge is 2.18. The van der Waals surface area contributed by atoms with Crippen LogP contribution in [0.25, 0.3) is 0 Å². The zero-order chi connectivity index (χ0) is 11.3. The normalized spacial score (nSPS) is 12.2. The third kappa shape index (κ3) is 3.49. The van der Waals surface area contributed by atoms with Crippen LogP contribution in [0.15, 0.2) is 24.3 Å². The minimum Gasteiger partial charge on any atom is -0.468 e. The number of methoxy groups -OCH3 is 1. The summed E-state index contributed by atoms with van der Waals surface area (Å²) >= 11 is 5.40. The number of esters is 1. The molecule has 3 nitrogen and oxygen atoms in total. The summed E-state index contributed by atoms with van der Waals surface area (Å²) in [5.41, 5.74) is 0.806. The number of carbonyl (C=O) groups excluding carboxylic acids is 1. The van der Waals surface area contributed by atoms with E-state index in [0.717, 1.165) is 5.56 Å². The molecule has 1 rings (SSSR count). The van der Waals surface area contributed by atoms with Crippen LogP contribution < -0.4 is 4.84 Å². The Bertz CT molecular complexity index is 329. The number of nitrogens with one attached hydrogen (secondary N) is 1. The van der Waals surface area contributed by atoms with Gasteiger partial charge in [0, 0.05) is 0 Å². The van der Waals surface area contributed by atoms with Crippen molar-refractivity contribution in [3.63, 3.8) is 0 Å². The van der Waals surface area contributed by atoms with Crippen LogP contribution in [0.3, 0.4) is 0 Å². The maximum atomic E-state index is 12.6. The van der Waals surface area contributed by atoms with Crippen LogP contribution in [0, 0.1) is 5.82 Å². The van der Waals surface area contributed by atoms with E-state index in [1.54, 1.807) is 12.1 Å². The van der Waals surface area contributed by atoms with Gasteiger partial charge in [-0.1, -0.05) is 12.1 Å². The SMILES string of the molecule is COC(=O)C(Cc1ccc(F)cc1)NCl. The average Bonchev–Trinajstić information content (AvgIpc) is 2.27. The van der Waals surface area contributed by atoms with E-state index in [1.807, 2.05) is 0 Å². The van der Waals surface area contributed by atoms with Gasteiger partial charge in [-0.05, 0) is 35.9 Å². The van der Waals surface area contributed by atoms with Crippen molar-refractivity contribution in [3.05, 3.63) is 35.6 Å². The molecule has 0 radical (unpaired) electrons. The van der Waals surface area contributed by atoms with E-state index in [9.17, 15) is 9.18 Å². The second-order valence-corrected chi connectivity index (χ2v) is 3.23. The highest BCUT2D eigenvalue weighted by molar-refractivity contribution is 6.14. The van der Waals surface area contributed by atoms with E-state index in [2.05, 4.69) is 9.57 Å². The molecule has 0 fully saturated rings. The van der Waals surface area contributed by atoms with Gasteiger partial charge in [0.25, 0.3) is 0 Å². The Balaban J connectivity index is 2.66. The molecule has 0 heterocycles. The molecule has 0 aliphatic carbocycles. The zero-order valence-corrected chi connectivity index (χ0v) is 8.92. The average molecular weight is 232 g/mol. The highest BCUT2D eigenvalue weighted by Crippen LogP contribution is 2.07. The minimum absolute atomic E-state index is 0.313. The van der Waals surface area contributed by atoms with Gasteiger partial charge in [0.05, 0.1) is 7.11 Å². The molecule has 0 aliphatic rings. The van der Waals surface area contributed by atoms with Gasteiger partial charge in [0.1, 0.15) is 11.9 Å². The van der Waals surface area contributed by atoms with Crippen molar-refractivity contribution in [1.29, 1.82) is 0 Å². The summed E-state index contributed by atoms with van der Waals surface area (Å²) in [6, 6.07) is 5.23. The molecule has 0 saturated heterocycles. The van der Waals surface area contributed by atoms with Crippen LogP contribution in [-0.2, 0) is 16.0 Å². The lowest BCUT2D eigenvalue weighted by Gasteiger charge is -2.11. The Morgan fingerprint density at radius 2 is 2.13 bits per heavy atom. The van der Waals surface area contributed by atoms with Crippen molar-refractivity contribution in [3.8, 4) is 0 Å². The molecule has 1 N–H and O–H groups in total. The predicted molar refractivity (Wildman–Crippen MR) is 54.9 cm³/mol. The number of hydrogen-bond donors (Lipinski definition) is 1. The maximum Gasteiger partial charge on any atom is 0.324 e. The number of halogens is 2. The van der Waals surface area contributed by atoms with Crippen LogP contribution in [0.5, 0.6) is 0 Å². The molecule has 5 heteroatoms. The topological polar surface area (TPSA) is 38.3 Å². The number of rotatable bonds is 4. The third-order valence-electron chi connectivity index (χ3n) is 1.97. The van der Waals surface area contributed by atoms with Crippen molar-refractivity contribution in [2.24, 2.45) is 0 Å². The molecule has 0 saturated carbocycles. The van der Waals surface area contributed by atoms with Crippen LogP contribution in [-0.4, -0.2) is 19.1 Å². The van der Waals surface area contributed by atoms with E-state index in [0.29, 0.717) is 6.42 Å². The molecule has 15 heavy (non-hydrogen) atoms. The second-order valence-electron chi connectivity index (χ2n) is 3.02. The third-order valence-corrected chi connectivity index (χ3v) is 2.23. The summed E-state index contributed by atoms with van der Waals surface area (Å²) in [6.07, 6.45) is 0.358. The van der Waals surface area contributed by atoms with Crippen LogP contribution in [0.1, 0.15) is 5.56 Å². The Labute approximate surface area is 92.3 Å². The monoisotopic (exact) mass is 231 g/mol. The first kappa shape index (κ1) is 11.9. The summed E-state index contributed by atoms with van der Waals surface area (Å²) in [5.74, 6) is -0.762. The van der Waals surface area contributed by atoms with Crippen molar-refractivity contribution < 1.29 is 13.9 Å². The number of carbonyl (C=O) groups is 1. The fraction of sp³-hybridized carbons (Fsp3) is 0.300. The minimum atomic E-state index is -0.623. The molecule has 0 aliphatic heterocycles. The largest absolute Gasteiger partial charge is 0.468 e. The summed E-state index contributed by atoms with van der Waals surface area (Å²) in [7, 11) is 1.29. The first-order valence-corrected chi connectivity index (χ1v) is 4.73. The number of hydrogen-bond acceptors (Lipinski definition) is 3. The lowest BCUT2D eigenvalue weighted by atomic mass is 10.1. The lowest BCUT2D eigenvalue weighted by molar-refractivity contribution is -0.142. The van der Waals surface area contributed by atoms with Gasteiger partial charge in [0.2, 0.25) is 0 Å². The fourth-order valence-corrected chi connectivity index (χ4v) is 1.33. The number of ether oxygens (including phenoxy) is 1. The van der Waals surface area contributed by atoms with Crippen molar-refractivity contribution in [2.75, 3.05) is 7.11 Å². The van der Waals surface area contributed by atoms with Gasteiger partial charge < -0.3 is 4.74 Å². The van der Waals surface area contributed by atoms with Gasteiger partial charge >= 0.3 is 5.97 Å². The van der Waals surface area contributed by atoms with Gasteiger partial charge in [-0.2, -0.15) is 0 Å². The summed E-state index contributed by atoms with van der Waals surface area (Å²) < 4.78 is 17.1. The molecule has 0 spiro atoms. The first-order chi connectivity index (χ1) is 7.17.